The molecule has 0 aliphatic rings. The van der Waals surface area contributed by atoms with Crippen LogP contribution in [0.5, 0.6) is 0 Å². The first kappa shape index (κ1) is 28.6. The third-order valence-corrected chi connectivity index (χ3v) is 11.3. The van der Waals surface area contributed by atoms with Gasteiger partial charge in [-0.1, -0.05) is 97.1 Å². The summed E-state index contributed by atoms with van der Waals surface area (Å²) < 4.78 is 13.5. The fraction of sp³-hybridized carbons (Fsp3) is 0.0204. The molecule has 0 unspecified atom stereocenters. The van der Waals surface area contributed by atoms with Gasteiger partial charge < -0.3 is 18.1 Å². The summed E-state index contributed by atoms with van der Waals surface area (Å²) in [5, 5.41) is 9.83. The quantitative estimate of drug-likeness (QED) is 0.182. The number of para-hydroxylation sites is 5. The van der Waals surface area contributed by atoms with Crippen molar-refractivity contribution < 1.29 is 4.42 Å². The van der Waals surface area contributed by atoms with E-state index in [1.165, 1.54) is 71.0 Å². The topological polar surface area (TPSA) is 27.9 Å². The number of nitrogens with zero attached hydrogens (tertiary/aromatic N) is 3. The number of rotatable bonds is 4. The molecule has 53 heavy (non-hydrogen) atoms. The summed E-state index contributed by atoms with van der Waals surface area (Å²) in [6.07, 6.45) is 0. The van der Waals surface area contributed by atoms with Crippen LogP contribution in [0.3, 0.4) is 0 Å². The molecule has 12 rings (SSSR count). The van der Waals surface area contributed by atoms with Crippen LogP contribution in [-0.4, -0.2) is 13.7 Å². The van der Waals surface area contributed by atoms with Crippen molar-refractivity contribution in [1.29, 1.82) is 0 Å². The van der Waals surface area contributed by atoms with E-state index in [0.717, 1.165) is 39.9 Å². The van der Waals surface area contributed by atoms with Crippen LogP contribution < -0.4 is 0 Å². The Bertz CT molecular complexity index is 3160. The molecule has 4 aromatic heterocycles. The smallest absolute Gasteiger partial charge is 0.135 e. The minimum absolute atomic E-state index is 0.735. The average molecular weight is 678 g/mol. The minimum atomic E-state index is 0.735. The molecule has 0 radical (unpaired) electrons. The van der Waals surface area contributed by atoms with Gasteiger partial charge in [-0.3, -0.25) is 0 Å². The maximum Gasteiger partial charge on any atom is 0.135 e. The van der Waals surface area contributed by atoms with Gasteiger partial charge in [-0.15, -0.1) is 0 Å². The molecule has 0 fully saturated rings. The standard InChI is InChI=1S/C49H31N3O/c1-6-16-44-34(11-1)35-12-2-7-17-45(35)51(44)32-22-24-42-39(28-32)40-29-33(52-46-18-8-3-13-36(46)37-14-4-9-19-47(37)52)23-25-43(40)50(42)30-31-21-26-49-41(27-31)38-15-5-10-20-48(38)53-49/h1-29H,30H2. The lowest BCUT2D eigenvalue weighted by molar-refractivity contribution is 0.668. The van der Waals surface area contributed by atoms with Crippen molar-refractivity contribution in [2.24, 2.45) is 0 Å². The van der Waals surface area contributed by atoms with Crippen LogP contribution in [0.1, 0.15) is 5.56 Å². The SMILES string of the molecule is c1ccc2c(c1)oc1ccc(Cn3c4ccc(-n5c6ccccc6c6ccccc65)cc4c4cc(-n5c6ccccc6c6ccccc65)ccc43)cc12. The predicted molar refractivity (Wildman–Crippen MR) is 221 cm³/mol. The fourth-order valence-electron chi connectivity index (χ4n) is 8.98. The maximum atomic E-state index is 6.19. The van der Waals surface area contributed by atoms with Crippen LogP contribution in [0.4, 0.5) is 0 Å². The maximum absolute atomic E-state index is 6.19. The van der Waals surface area contributed by atoms with Crippen LogP contribution in [0.15, 0.2) is 180 Å². The predicted octanol–water partition coefficient (Wildman–Crippen LogP) is 12.9. The summed E-state index contributed by atoms with van der Waals surface area (Å²) in [6.45, 7) is 0.735. The largest absolute Gasteiger partial charge is 0.456 e. The Morgan fingerprint density at radius 3 is 1.26 bits per heavy atom. The highest BCUT2D eigenvalue weighted by molar-refractivity contribution is 6.13. The molecule has 0 bridgehead atoms. The molecule has 0 saturated heterocycles. The van der Waals surface area contributed by atoms with Crippen LogP contribution in [0.25, 0.3) is 98.7 Å². The van der Waals surface area contributed by atoms with E-state index in [-0.39, 0.29) is 0 Å². The van der Waals surface area contributed by atoms with Gasteiger partial charge in [0.25, 0.3) is 0 Å². The van der Waals surface area contributed by atoms with Gasteiger partial charge in [0.1, 0.15) is 11.2 Å². The Morgan fingerprint density at radius 1 is 0.321 bits per heavy atom. The number of furan rings is 1. The van der Waals surface area contributed by atoms with Crippen molar-refractivity contribution >= 4 is 87.4 Å². The minimum Gasteiger partial charge on any atom is -0.456 e. The zero-order valence-electron chi connectivity index (χ0n) is 28.7. The average Bonchev–Trinajstić information content (AvgIpc) is 3.94. The number of hydrogen-bond acceptors (Lipinski definition) is 1. The molecule has 0 amide bonds. The molecule has 4 nitrogen and oxygen atoms in total. The molecule has 4 heterocycles. The Morgan fingerprint density at radius 2 is 0.755 bits per heavy atom. The van der Waals surface area contributed by atoms with E-state index < -0.39 is 0 Å². The second-order valence-corrected chi connectivity index (χ2v) is 14.2. The van der Waals surface area contributed by atoms with Crippen LogP contribution in [0, 0.1) is 0 Å². The number of aromatic nitrogens is 3. The van der Waals surface area contributed by atoms with E-state index in [9.17, 15) is 0 Å². The van der Waals surface area contributed by atoms with E-state index in [1.54, 1.807) is 0 Å². The summed E-state index contributed by atoms with van der Waals surface area (Å²) in [4.78, 5) is 0. The van der Waals surface area contributed by atoms with Crippen molar-refractivity contribution in [3.05, 3.63) is 181 Å². The van der Waals surface area contributed by atoms with Crippen molar-refractivity contribution in [2.75, 3.05) is 0 Å². The van der Waals surface area contributed by atoms with Crippen molar-refractivity contribution in [3.63, 3.8) is 0 Å². The first-order valence-electron chi connectivity index (χ1n) is 18.2. The number of fused-ring (bicyclic) bond motifs is 12. The molecule has 0 saturated carbocycles. The van der Waals surface area contributed by atoms with E-state index in [1.807, 2.05) is 12.1 Å². The van der Waals surface area contributed by atoms with Gasteiger partial charge in [0, 0.05) is 72.0 Å². The molecule has 8 aromatic carbocycles. The lowest BCUT2D eigenvalue weighted by Gasteiger charge is -2.11. The fourth-order valence-corrected chi connectivity index (χ4v) is 8.98. The number of hydrogen-bond donors (Lipinski definition) is 0. The lowest BCUT2D eigenvalue weighted by atomic mass is 10.1. The van der Waals surface area contributed by atoms with E-state index in [2.05, 4.69) is 177 Å². The Balaban J connectivity index is 1.12. The first-order valence-corrected chi connectivity index (χ1v) is 18.2. The van der Waals surface area contributed by atoms with Gasteiger partial charge in [-0.2, -0.15) is 0 Å². The summed E-state index contributed by atoms with van der Waals surface area (Å²) in [7, 11) is 0. The summed E-state index contributed by atoms with van der Waals surface area (Å²) in [5.41, 5.74) is 12.7. The van der Waals surface area contributed by atoms with Gasteiger partial charge in [0.15, 0.2) is 0 Å². The lowest BCUT2D eigenvalue weighted by Crippen LogP contribution is -2.00. The molecule has 0 atom stereocenters. The van der Waals surface area contributed by atoms with Gasteiger partial charge in [0.05, 0.1) is 22.1 Å². The molecular formula is C49H31N3O. The van der Waals surface area contributed by atoms with E-state index in [4.69, 9.17) is 4.42 Å². The van der Waals surface area contributed by atoms with Gasteiger partial charge in [-0.05, 0) is 84.4 Å². The number of benzene rings is 8. The molecule has 248 valence electrons. The highest BCUT2D eigenvalue weighted by Crippen LogP contribution is 2.39. The Labute approximate surface area is 303 Å². The van der Waals surface area contributed by atoms with Crippen LogP contribution >= 0.6 is 0 Å². The highest BCUT2D eigenvalue weighted by Gasteiger charge is 2.19. The first-order chi connectivity index (χ1) is 26.3. The van der Waals surface area contributed by atoms with Crippen molar-refractivity contribution in [3.8, 4) is 11.4 Å². The van der Waals surface area contributed by atoms with Crippen molar-refractivity contribution in [1.82, 2.24) is 13.7 Å². The Hall–Kier alpha value is -7.04. The molecule has 0 aliphatic carbocycles. The molecular weight excluding hydrogens is 647 g/mol. The molecule has 0 spiro atoms. The van der Waals surface area contributed by atoms with E-state index in [0.29, 0.717) is 0 Å². The van der Waals surface area contributed by atoms with Crippen LogP contribution in [0.2, 0.25) is 0 Å². The zero-order valence-corrected chi connectivity index (χ0v) is 28.7. The molecule has 0 N–H and O–H groups in total. The zero-order chi connectivity index (χ0) is 34.6. The molecule has 4 heteroatoms. The van der Waals surface area contributed by atoms with Crippen LogP contribution in [-0.2, 0) is 6.54 Å². The highest BCUT2D eigenvalue weighted by atomic mass is 16.3. The van der Waals surface area contributed by atoms with E-state index >= 15 is 0 Å². The monoisotopic (exact) mass is 677 g/mol. The third-order valence-electron chi connectivity index (χ3n) is 11.3. The summed E-state index contributed by atoms with van der Waals surface area (Å²) in [5.74, 6) is 0. The van der Waals surface area contributed by atoms with Crippen molar-refractivity contribution in [2.45, 2.75) is 6.54 Å². The third kappa shape index (κ3) is 4.06. The van der Waals surface area contributed by atoms with Gasteiger partial charge in [0.2, 0.25) is 0 Å². The molecule has 12 aromatic rings. The molecule has 0 aliphatic heterocycles. The summed E-state index contributed by atoms with van der Waals surface area (Å²) in [6, 6.07) is 63.9. The Kier molecular flexibility index (Phi) is 5.80. The second-order valence-electron chi connectivity index (χ2n) is 14.2. The van der Waals surface area contributed by atoms with Gasteiger partial charge >= 0.3 is 0 Å². The normalized spacial score (nSPS) is 12.2. The van der Waals surface area contributed by atoms with Gasteiger partial charge in [-0.25, -0.2) is 0 Å². The summed E-state index contributed by atoms with van der Waals surface area (Å²) >= 11 is 0. The second kappa shape index (κ2) is 10.7.